The van der Waals surface area contributed by atoms with Crippen LogP contribution in [0.4, 0.5) is 5.69 Å². The van der Waals surface area contributed by atoms with Crippen molar-refractivity contribution in [3.05, 3.63) is 89.8 Å². The summed E-state index contributed by atoms with van der Waals surface area (Å²) in [4.78, 5) is 0. The first kappa shape index (κ1) is 20.2. The Bertz CT molecular complexity index is 776. The van der Waals surface area contributed by atoms with Crippen molar-refractivity contribution < 1.29 is 0 Å². The van der Waals surface area contributed by atoms with E-state index in [0.29, 0.717) is 0 Å². The molecule has 25 heavy (non-hydrogen) atoms. The number of rotatable bonds is 5. The van der Waals surface area contributed by atoms with Gasteiger partial charge in [0.25, 0.3) is 0 Å². The van der Waals surface area contributed by atoms with Crippen LogP contribution >= 0.6 is 0 Å². The fourth-order valence-electron chi connectivity index (χ4n) is 2.25. The van der Waals surface area contributed by atoms with Gasteiger partial charge in [0.1, 0.15) is 0 Å². The van der Waals surface area contributed by atoms with Crippen LogP contribution in [0.5, 0.6) is 0 Å². The molecule has 3 nitrogen and oxygen atoms in total. The minimum atomic E-state index is 0.837. The Hall–Kier alpha value is -2.81. The predicted molar refractivity (Wildman–Crippen MR) is 111 cm³/mol. The van der Waals surface area contributed by atoms with Crippen LogP contribution in [0.3, 0.4) is 0 Å². The van der Waals surface area contributed by atoms with Crippen LogP contribution in [0.2, 0.25) is 0 Å². The summed E-state index contributed by atoms with van der Waals surface area (Å²) in [5, 5.41) is 10.2. The molecule has 0 amide bonds. The average molecular weight is 335 g/mol. The Morgan fingerprint density at radius 1 is 1.12 bits per heavy atom. The van der Waals surface area contributed by atoms with Crippen LogP contribution in [0.15, 0.2) is 73.0 Å². The summed E-state index contributed by atoms with van der Waals surface area (Å²) in [6.45, 7) is 17.9. The highest BCUT2D eigenvalue weighted by atomic mass is 15.1. The summed E-state index contributed by atoms with van der Waals surface area (Å²) in [6.07, 6.45) is 7.93. The van der Waals surface area contributed by atoms with Crippen molar-refractivity contribution in [2.45, 2.75) is 34.6 Å². The summed E-state index contributed by atoms with van der Waals surface area (Å²) < 4.78 is 0. The van der Waals surface area contributed by atoms with E-state index in [1.807, 2.05) is 52.0 Å². The number of H-pyrrole nitrogens is 1. The maximum Gasteiger partial charge on any atom is 0.0835 e. The van der Waals surface area contributed by atoms with Crippen LogP contribution in [-0.2, 0) is 0 Å². The van der Waals surface area contributed by atoms with Crippen LogP contribution in [0.25, 0.3) is 5.70 Å². The van der Waals surface area contributed by atoms with Gasteiger partial charge in [-0.2, -0.15) is 5.10 Å². The third kappa shape index (κ3) is 6.30. The summed E-state index contributed by atoms with van der Waals surface area (Å²) in [7, 11) is 0. The van der Waals surface area contributed by atoms with Gasteiger partial charge in [0.15, 0.2) is 0 Å². The first-order chi connectivity index (χ1) is 11.9. The lowest BCUT2D eigenvalue weighted by molar-refractivity contribution is 1.07. The number of nitrogens with one attached hydrogen (secondary N) is 2. The second kappa shape index (κ2) is 10.1. The van der Waals surface area contributed by atoms with Gasteiger partial charge in [-0.05, 0) is 57.4 Å². The Kier molecular flexibility index (Phi) is 8.21. The molecular weight excluding hydrogens is 306 g/mol. The summed E-state index contributed by atoms with van der Waals surface area (Å²) >= 11 is 0. The Labute approximate surface area is 151 Å². The molecule has 0 bridgehead atoms. The molecule has 0 saturated carbocycles. The highest BCUT2D eigenvalue weighted by Gasteiger charge is 2.05. The van der Waals surface area contributed by atoms with E-state index in [1.165, 1.54) is 11.1 Å². The molecule has 1 aromatic carbocycles. The van der Waals surface area contributed by atoms with E-state index >= 15 is 0 Å². The van der Waals surface area contributed by atoms with Gasteiger partial charge in [0.05, 0.1) is 17.6 Å². The van der Waals surface area contributed by atoms with Crippen molar-refractivity contribution in [3.63, 3.8) is 0 Å². The number of benzene rings is 1. The molecular formula is C22H29N3. The SMILES string of the molecule is C=C(C)C(/C=C\C)=C/C.C=C(Nc1ccccc1C)c1[nH]ncc1C. The highest BCUT2D eigenvalue weighted by molar-refractivity contribution is 5.75. The normalized spacial score (nSPS) is 11.0. The summed E-state index contributed by atoms with van der Waals surface area (Å²) in [5.41, 5.74) is 7.48. The van der Waals surface area contributed by atoms with Gasteiger partial charge in [-0.25, -0.2) is 0 Å². The van der Waals surface area contributed by atoms with Gasteiger partial charge in [-0.1, -0.05) is 55.2 Å². The van der Waals surface area contributed by atoms with E-state index < -0.39 is 0 Å². The molecule has 0 radical (unpaired) electrons. The zero-order valence-corrected chi connectivity index (χ0v) is 16.0. The zero-order chi connectivity index (χ0) is 18.8. The molecule has 0 aliphatic rings. The third-order valence-electron chi connectivity index (χ3n) is 3.71. The summed E-state index contributed by atoms with van der Waals surface area (Å²) in [5.74, 6) is 0. The first-order valence-electron chi connectivity index (χ1n) is 8.37. The molecule has 3 heteroatoms. The Morgan fingerprint density at radius 2 is 1.80 bits per heavy atom. The lowest BCUT2D eigenvalue weighted by atomic mass is 10.1. The maximum absolute atomic E-state index is 4.01. The molecule has 1 aromatic heterocycles. The van der Waals surface area contributed by atoms with Crippen LogP contribution in [0.1, 0.15) is 37.6 Å². The number of para-hydroxylation sites is 1. The van der Waals surface area contributed by atoms with Gasteiger partial charge in [-0.3, -0.25) is 5.10 Å². The minimum Gasteiger partial charge on any atom is -0.354 e. The lowest BCUT2D eigenvalue weighted by Crippen LogP contribution is -2.00. The largest absolute Gasteiger partial charge is 0.354 e. The van der Waals surface area contributed by atoms with E-state index in [1.54, 1.807) is 6.20 Å². The van der Waals surface area contributed by atoms with E-state index in [4.69, 9.17) is 0 Å². The molecule has 2 rings (SSSR count). The highest BCUT2D eigenvalue weighted by Crippen LogP contribution is 2.20. The van der Waals surface area contributed by atoms with E-state index in [0.717, 1.165) is 28.2 Å². The fourth-order valence-corrected chi connectivity index (χ4v) is 2.25. The molecule has 0 aliphatic heterocycles. The average Bonchev–Trinajstić information content (AvgIpc) is 3.01. The maximum atomic E-state index is 4.01. The third-order valence-corrected chi connectivity index (χ3v) is 3.71. The van der Waals surface area contributed by atoms with Crippen LogP contribution < -0.4 is 5.32 Å². The number of hydrogen-bond donors (Lipinski definition) is 2. The zero-order valence-electron chi connectivity index (χ0n) is 16.0. The molecule has 2 N–H and O–H groups in total. The standard InChI is InChI=1S/C13H15N3.C9H14/c1-9-6-4-5-7-12(9)15-11(3)13-10(2)8-14-16-13;1-5-7-9(6-2)8(3)4/h4-8,15H,3H2,1-2H3,(H,14,16);5-7H,3H2,1-2,4H3/b;7-5-,9-6+. The number of aromatic nitrogens is 2. The predicted octanol–water partition coefficient (Wildman–Crippen LogP) is 6.19. The molecule has 0 atom stereocenters. The van der Waals surface area contributed by atoms with Crippen molar-refractivity contribution in [1.29, 1.82) is 0 Å². The monoisotopic (exact) mass is 335 g/mol. The Balaban J connectivity index is 0.000000299. The Morgan fingerprint density at radius 3 is 2.24 bits per heavy atom. The first-order valence-corrected chi connectivity index (χ1v) is 8.37. The van der Waals surface area contributed by atoms with E-state index in [-0.39, 0.29) is 0 Å². The number of aromatic amines is 1. The van der Waals surface area contributed by atoms with Gasteiger partial charge in [-0.15, -0.1) is 0 Å². The van der Waals surface area contributed by atoms with Crippen LogP contribution in [-0.4, -0.2) is 10.2 Å². The minimum absolute atomic E-state index is 0.837. The topological polar surface area (TPSA) is 40.7 Å². The number of hydrogen-bond acceptors (Lipinski definition) is 2. The molecule has 2 aromatic rings. The number of aryl methyl sites for hydroxylation is 2. The van der Waals surface area contributed by atoms with Crippen molar-refractivity contribution in [2.24, 2.45) is 0 Å². The molecule has 1 heterocycles. The second-order valence-corrected chi connectivity index (χ2v) is 5.87. The van der Waals surface area contributed by atoms with Crippen molar-refractivity contribution in [2.75, 3.05) is 5.32 Å². The molecule has 0 fully saturated rings. The molecule has 0 saturated heterocycles. The van der Waals surface area contributed by atoms with Crippen molar-refractivity contribution >= 4 is 11.4 Å². The molecule has 0 unspecified atom stereocenters. The molecule has 0 spiro atoms. The van der Waals surface area contributed by atoms with Gasteiger partial charge in [0.2, 0.25) is 0 Å². The fraction of sp³-hybridized carbons (Fsp3) is 0.227. The smallest absolute Gasteiger partial charge is 0.0835 e. The van der Waals surface area contributed by atoms with Gasteiger partial charge in [0, 0.05) is 5.69 Å². The van der Waals surface area contributed by atoms with Crippen molar-refractivity contribution in [3.8, 4) is 0 Å². The quantitative estimate of drug-likeness (QED) is 0.639. The molecule has 0 aliphatic carbocycles. The molecule has 132 valence electrons. The van der Waals surface area contributed by atoms with Crippen LogP contribution in [0, 0.1) is 13.8 Å². The van der Waals surface area contributed by atoms with E-state index in [9.17, 15) is 0 Å². The summed E-state index contributed by atoms with van der Waals surface area (Å²) in [6, 6.07) is 8.12. The van der Waals surface area contributed by atoms with Gasteiger partial charge >= 0.3 is 0 Å². The second-order valence-electron chi connectivity index (χ2n) is 5.87. The van der Waals surface area contributed by atoms with Crippen molar-refractivity contribution in [1.82, 2.24) is 10.2 Å². The van der Waals surface area contributed by atoms with Gasteiger partial charge < -0.3 is 5.32 Å². The van der Waals surface area contributed by atoms with E-state index in [2.05, 4.69) is 53.8 Å². The number of nitrogens with zero attached hydrogens (tertiary/aromatic N) is 1. The lowest BCUT2D eigenvalue weighted by Gasteiger charge is -2.11. The number of allylic oxidation sites excluding steroid dienone is 5. The number of anilines is 1.